The second-order valence-corrected chi connectivity index (χ2v) is 13.1. The molecule has 0 aliphatic rings. The van der Waals surface area contributed by atoms with Crippen LogP contribution >= 0.6 is 69.6 Å². The smallest absolute Gasteiger partial charge is 0.327 e. The lowest BCUT2D eigenvalue weighted by molar-refractivity contribution is 0.439. The van der Waals surface area contributed by atoms with E-state index in [1.54, 1.807) is 36.4 Å². The Morgan fingerprint density at radius 2 is 0.544 bits per heavy atom. The minimum atomic E-state index is -0.0831. The van der Waals surface area contributed by atoms with Crippen LogP contribution in [0.25, 0.3) is 0 Å². The van der Waals surface area contributed by atoms with Crippen molar-refractivity contribution in [3.05, 3.63) is 121 Å². The van der Waals surface area contributed by atoms with E-state index in [2.05, 4.69) is 75.8 Å². The van der Waals surface area contributed by atoms with Crippen molar-refractivity contribution >= 4 is 87.5 Å². The first kappa shape index (κ1) is 39.5. The predicted octanol–water partition coefficient (Wildman–Crippen LogP) is 8.56. The molecule has 288 valence electrons. The molecule has 0 amide bonds. The molecule has 0 aliphatic heterocycles. The molecule has 4 heterocycles. The van der Waals surface area contributed by atoms with Gasteiger partial charge in [0.25, 0.3) is 0 Å². The molecule has 0 atom stereocenters. The first-order valence-corrected chi connectivity index (χ1v) is 18.3. The SMILES string of the molecule is Clc1nc(Cl)nc(Oc2ccc(CNc3nc(NCc4ccc(Oc5nc(Cl)nc(Cl)n5)cc4)nc(NCc4ccc(Oc5nc(Cl)nc(Cl)n5)cc4)n3)cc2)n1. The number of anilines is 3. The Morgan fingerprint density at radius 3 is 0.772 bits per heavy atom. The lowest BCUT2D eigenvalue weighted by Gasteiger charge is -2.12. The van der Waals surface area contributed by atoms with Crippen LogP contribution in [0.5, 0.6) is 35.3 Å². The minimum Gasteiger partial charge on any atom is -0.424 e. The largest absolute Gasteiger partial charge is 0.424 e. The van der Waals surface area contributed by atoms with Crippen molar-refractivity contribution in [3.63, 3.8) is 0 Å². The maximum atomic E-state index is 5.85. The Kier molecular flexibility index (Phi) is 12.8. The number of benzene rings is 3. The van der Waals surface area contributed by atoms with E-state index in [1.807, 2.05) is 36.4 Å². The number of hydrogen-bond donors (Lipinski definition) is 3. The van der Waals surface area contributed by atoms with Gasteiger partial charge in [0.1, 0.15) is 17.2 Å². The third kappa shape index (κ3) is 11.9. The van der Waals surface area contributed by atoms with Gasteiger partial charge < -0.3 is 30.2 Å². The molecule has 0 fully saturated rings. The van der Waals surface area contributed by atoms with Crippen LogP contribution in [0.2, 0.25) is 31.7 Å². The van der Waals surface area contributed by atoms with E-state index in [0.29, 0.717) is 54.7 Å². The molecule has 0 unspecified atom stereocenters. The molecular weight excluding hydrogens is 867 g/mol. The highest BCUT2D eigenvalue weighted by Gasteiger charge is 2.11. The number of nitrogens with zero attached hydrogens (tertiary/aromatic N) is 12. The summed E-state index contributed by atoms with van der Waals surface area (Å²) in [6.45, 7) is 1.10. The molecule has 7 aromatic rings. The Hall–Kier alpha value is -5.76. The van der Waals surface area contributed by atoms with Crippen LogP contribution in [-0.2, 0) is 19.6 Å². The molecule has 0 spiro atoms. The lowest BCUT2D eigenvalue weighted by atomic mass is 10.2. The maximum absolute atomic E-state index is 5.85. The number of halogens is 6. The van der Waals surface area contributed by atoms with Crippen molar-refractivity contribution in [1.82, 2.24) is 59.8 Å². The molecule has 24 heteroatoms. The van der Waals surface area contributed by atoms with Gasteiger partial charge >= 0.3 is 18.0 Å². The van der Waals surface area contributed by atoms with Crippen molar-refractivity contribution in [3.8, 4) is 35.3 Å². The Balaban J connectivity index is 1.02. The zero-order valence-corrected chi connectivity index (χ0v) is 32.9. The standard InChI is InChI=1S/C33H21Cl6N15O3/c34-22-43-23(35)47-31(46-22)55-19-7-1-16(2-8-19)13-40-28-52-29(41-14-17-3-9-20(10-4-17)56-32-48-24(36)44-25(37)49-32)54-30(53-28)42-15-18-5-11-21(12-6-18)57-33-50-26(38)45-27(39)51-33/h1-12H,13-15H2,(H3,40,41,42,52,53,54). The Morgan fingerprint density at radius 1 is 0.316 bits per heavy atom. The molecule has 3 N–H and O–H groups in total. The fraction of sp³-hybridized carbons (Fsp3) is 0.0909. The monoisotopic (exact) mass is 885 g/mol. The highest BCUT2D eigenvalue weighted by Crippen LogP contribution is 2.24. The molecule has 0 saturated heterocycles. The van der Waals surface area contributed by atoms with E-state index >= 15 is 0 Å². The number of nitrogens with one attached hydrogen (secondary N) is 3. The van der Waals surface area contributed by atoms with Gasteiger partial charge in [-0.2, -0.15) is 59.8 Å². The van der Waals surface area contributed by atoms with Crippen molar-refractivity contribution in [2.24, 2.45) is 0 Å². The van der Waals surface area contributed by atoms with E-state index in [-0.39, 0.29) is 49.7 Å². The van der Waals surface area contributed by atoms with Gasteiger partial charge in [0.15, 0.2) is 0 Å². The van der Waals surface area contributed by atoms with E-state index in [4.69, 9.17) is 83.8 Å². The topological polar surface area (TPSA) is 218 Å². The van der Waals surface area contributed by atoms with E-state index in [1.165, 1.54) is 0 Å². The first-order chi connectivity index (χ1) is 27.6. The Bertz CT molecular complexity index is 2150. The van der Waals surface area contributed by atoms with Gasteiger partial charge in [-0.15, -0.1) is 0 Å². The van der Waals surface area contributed by atoms with Gasteiger partial charge in [-0.05, 0) is 123 Å². The number of aromatic nitrogens is 12. The lowest BCUT2D eigenvalue weighted by Crippen LogP contribution is -2.12. The third-order valence-corrected chi connectivity index (χ3v) is 8.08. The highest BCUT2D eigenvalue weighted by atomic mass is 35.5. The fourth-order valence-electron chi connectivity index (χ4n) is 4.56. The highest BCUT2D eigenvalue weighted by molar-refractivity contribution is 6.32. The quantitative estimate of drug-likeness (QED) is 0.0878. The molecule has 0 bridgehead atoms. The van der Waals surface area contributed by atoms with Crippen molar-refractivity contribution in [2.75, 3.05) is 16.0 Å². The Labute approximate surface area is 351 Å². The summed E-state index contributed by atoms with van der Waals surface area (Å²) < 4.78 is 16.9. The van der Waals surface area contributed by atoms with E-state index < -0.39 is 0 Å². The summed E-state index contributed by atoms with van der Waals surface area (Å²) in [6.07, 6.45) is 0. The molecule has 0 radical (unpaired) electrons. The van der Waals surface area contributed by atoms with Crippen LogP contribution in [0.4, 0.5) is 17.8 Å². The van der Waals surface area contributed by atoms with Crippen LogP contribution in [0, 0.1) is 0 Å². The van der Waals surface area contributed by atoms with E-state index in [0.717, 1.165) is 16.7 Å². The van der Waals surface area contributed by atoms with Crippen molar-refractivity contribution in [2.45, 2.75) is 19.6 Å². The summed E-state index contributed by atoms with van der Waals surface area (Å²) in [4.78, 5) is 48.3. The van der Waals surface area contributed by atoms with Crippen LogP contribution < -0.4 is 30.2 Å². The van der Waals surface area contributed by atoms with Crippen LogP contribution in [0.1, 0.15) is 16.7 Å². The first-order valence-electron chi connectivity index (χ1n) is 16.1. The van der Waals surface area contributed by atoms with Crippen molar-refractivity contribution in [1.29, 1.82) is 0 Å². The van der Waals surface area contributed by atoms with Gasteiger partial charge in [-0.25, -0.2) is 0 Å². The average molecular weight is 888 g/mol. The van der Waals surface area contributed by atoms with Gasteiger partial charge in [0.05, 0.1) is 0 Å². The zero-order chi connectivity index (χ0) is 39.7. The molecule has 57 heavy (non-hydrogen) atoms. The summed E-state index contributed by atoms with van der Waals surface area (Å²) in [5.41, 5.74) is 2.68. The molecule has 0 saturated carbocycles. The second-order valence-electron chi connectivity index (χ2n) is 11.1. The van der Waals surface area contributed by atoms with Crippen molar-refractivity contribution < 1.29 is 14.2 Å². The summed E-state index contributed by atoms with van der Waals surface area (Å²) in [6, 6.07) is 21.4. The summed E-state index contributed by atoms with van der Waals surface area (Å²) in [7, 11) is 0. The van der Waals surface area contributed by atoms with Crippen LogP contribution in [0.3, 0.4) is 0 Å². The van der Waals surface area contributed by atoms with Gasteiger partial charge in [0.2, 0.25) is 49.5 Å². The second kappa shape index (κ2) is 18.5. The third-order valence-electron chi connectivity index (χ3n) is 7.07. The normalized spacial score (nSPS) is 10.8. The molecule has 7 rings (SSSR count). The van der Waals surface area contributed by atoms with Gasteiger partial charge in [0, 0.05) is 19.6 Å². The van der Waals surface area contributed by atoms with E-state index in [9.17, 15) is 0 Å². The minimum absolute atomic E-state index is 0.0322. The predicted molar refractivity (Wildman–Crippen MR) is 211 cm³/mol. The summed E-state index contributed by atoms with van der Waals surface area (Å²) in [5.74, 6) is 2.32. The maximum Gasteiger partial charge on any atom is 0.327 e. The molecule has 3 aromatic carbocycles. The van der Waals surface area contributed by atoms with Gasteiger partial charge in [-0.1, -0.05) is 36.4 Å². The van der Waals surface area contributed by atoms with Gasteiger partial charge in [-0.3, -0.25) is 0 Å². The number of rotatable bonds is 15. The number of ether oxygens (including phenoxy) is 3. The summed E-state index contributed by atoms with van der Waals surface area (Å²) in [5, 5.41) is 9.24. The fourth-order valence-corrected chi connectivity index (χ4v) is 5.61. The molecular formula is C33H21Cl6N15O3. The van der Waals surface area contributed by atoms with Crippen LogP contribution in [0.15, 0.2) is 72.8 Å². The molecule has 4 aromatic heterocycles. The average Bonchev–Trinajstić information content (AvgIpc) is 3.16. The summed E-state index contributed by atoms with van der Waals surface area (Å²) >= 11 is 35.1. The molecule has 0 aliphatic carbocycles. The van der Waals surface area contributed by atoms with Crippen LogP contribution in [-0.4, -0.2) is 59.8 Å². The molecule has 18 nitrogen and oxygen atoms in total. The zero-order valence-electron chi connectivity index (χ0n) is 28.4. The number of hydrogen-bond acceptors (Lipinski definition) is 18.